The molecule has 0 saturated carbocycles. The van der Waals surface area contributed by atoms with Gasteiger partial charge >= 0.3 is 0 Å². The number of nitrogens with zero attached hydrogens (tertiary/aromatic N) is 1. The summed E-state index contributed by atoms with van der Waals surface area (Å²) in [6.07, 6.45) is 1.30. The fourth-order valence-corrected chi connectivity index (χ4v) is 2.21. The first kappa shape index (κ1) is 14.0. The molecule has 0 aromatic heterocycles. The second-order valence-electron chi connectivity index (χ2n) is 5.40. The molecule has 4 heteroatoms. The lowest BCUT2D eigenvalue weighted by molar-refractivity contribution is -0.157. The van der Waals surface area contributed by atoms with Crippen LogP contribution in [0.25, 0.3) is 0 Å². The van der Waals surface area contributed by atoms with E-state index in [0.29, 0.717) is 25.3 Å². The summed E-state index contributed by atoms with van der Waals surface area (Å²) in [6, 6.07) is -0.346. The van der Waals surface area contributed by atoms with E-state index in [1.807, 2.05) is 20.8 Å². The number of hydrogen-bond acceptors (Lipinski definition) is 2. The van der Waals surface area contributed by atoms with Crippen LogP contribution in [0.2, 0.25) is 0 Å². The molecule has 1 aliphatic heterocycles. The van der Waals surface area contributed by atoms with Gasteiger partial charge in [-0.05, 0) is 25.7 Å². The number of piperazine rings is 1. The van der Waals surface area contributed by atoms with Gasteiger partial charge in [0.2, 0.25) is 11.8 Å². The van der Waals surface area contributed by atoms with E-state index < -0.39 is 5.54 Å². The summed E-state index contributed by atoms with van der Waals surface area (Å²) >= 11 is 0. The summed E-state index contributed by atoms with van der Waals surface area (Å²) in [6.45, 7) is 10.5. The van der Waals surface area contributed by atoms with Crippen molar-refractivity contribution in [3.05, 3.63) is 0 Å². The molecule has 1 aliphatic rings. The summed E-state index contributed by atoms with van der Waals surface area (Å²) in [4.78, 5) is 26.2. The lowest BCUT2D eigenvalue weighted by atomic mass is 9.89. The van der Waals surface area contributed by atoms with Gasteiger partial charge in [0, 0.05) is 6.54 Å². The normalized spacial score (nSPS) is 29.8. The zero-order valence-corrected chi connectivity index (χ0v) is 11.5. The Balaban J connectivity index is 3.04. The molecule has 0 spiro atoms. The smallest absolute Gasteiger partial charge is 0.246 e. The molecular weight excluding hydrogens is 216 g/mol. The Kier molecular flexibility index (Phi) is 4.17. The van der Waals surface area contributed by atoms with Crippen molar-refractivity contribution in [2.24, 2.45) is 5.92 Å². The van der Waals surface area contributed by atoms with Crippen molar-refractivity contribution in [2.45, 2.75) is 59.0 Å². The Morgan fingerprint density at radius 2 is 1.94 bits per heavy atom. The van der Waals surface area contributed by atoms with E-state index in [1.165, 1.54) is 0 Å². The van der Waals surface area contributed by atoms with Gasteiger partial charge in [-0.25, -0.2) is 0 Å². The molecule has 0 aromatic carbocycles. The number of carbonyl (C=O) groups is 2. The van der Waals surface area contributed by atoms with Crippen molar-refractivity contribution in [1.82, 2.24) is 10.2 Å². The Morgan fingerprint density at radius 3 is 2.35 bits per heavy atom. The quantitative estimate of drug-likeness (QED) is 0.810. The molecule has 17 heavy (non-hydrogen) atoms. The molecule has 0 aromatic rings. The third-order valence-electron chi connectivity index (χ3n) is 3.60. The van der Waals surface area contributed by atoms with Gasteiger partial charge in [-0.15, -0.1) is 0 Å². The van der Waals surface area contributed by atoms with E-state index in [2.05, 4.69) is 19.2 Å². The maximum atomic E-state index is 12.3. The van der Waals surface area contributed by atoms with Gasteiger partial charge in [-0.2, -0.15) is 0 Å². The first-order chi connectivity index (χ1) is 7.86. The minimum atomic E-state index is -0.687. The average molecular weight is 240 g/mol. The van der Waals surface area contributed by atoms with Gasteiger partial charge in [0.25, 0.3) is 0 Å². The third kappa shape index (κ3) is 2.45. The molecule has 2 unspecified atom stereocenters. The molecule has 1 N–H and O–H groups in total. The first-order valence-electron chi connectivity index (χ1n) is 6.49. The second kappa shape index (κ2) is 5.07. The summed E-state index contributed by atoms with van der Waals surface area (Å²) in [5.41, 5.74) is -0.687. The molecule has 1 heterocycles. The molecule has 2 atom stereocenters. The first-order valence-corrected chi connectivity index (χ1v) is 6.49. The number of carbonyl (C=O) groups excluding carboxylic acids is 2. The maximum Gasteiger partial charge on any atom is 0.246 e. The number of rotatable bonds is 4. The van der Waals surface area contributed by atoms with Crippen LogP contribution in [0.15, 0.2) is 0 Å². The average Bonchev–Trinajstić information content (AvgIpc) is 2.29. The predicted octanol–water partition coefficient (Wildman–Crippen LogP) is 1.55. The molecule has 98 valence electrons. The van der Waals surface area contributed by atoms with Crippen molar-refractivity contribution >= 4 is 11.8 Å². The minimum absolute atomic E-state index is 0.0212. The Morgan fingerprint density at radius 1 is 1.35 bits per heavy atom. The van der Waals surface area contributed by atoms with Crippen LogP contribution in [-0.4, -0.2) is 34.8 Å². The number of hydrogen-bond donors (Lipinski definition) is 1. The van der Waals surface area contributed by atoms with Crippen LogP contribution in [0, 0.1) is 5.92 Å². The topological polar surface area (TPSA) is 49.4 Å². The highest BCUT2D eigenvalue weighted by Crippen LogP contribution is 2.26. The van der Waals surface area contributed by atoms with E-state index in [1.54, 1.807) is 4.90 Å². The lowest BCUT2D eigenvalue weighted by Gasteiger charge is -2.46. The van der Waals surface area contributed by atoms with E-state index >= 15 is 0 Å². The second-order valence-corrected chi connectivity index (χ2v) is 5.40. The molecule has 0 radical (unpaired) electrons. The van der Waals surface area contributed by atoms with Crippen molar-refractivity contribution in [1.29, 1.82) is 0 Å². The van der Waals surface area contributed by atoms with Crippen LogP contribution in [0.3, 0.4) is 0 Å². The van der Waals surface area contributed by atoms with Gasteiger partial charge in [0.05, 0.1) is 0 Å². The minimum Gasteiger partial charge on any atom is -0.342 e. The molecule has 4 nitrogen and oxygen atoms in total. The molecular formula is C13H24N2O2. The molecule has 1 saturated heterocycles. The van der Waals surface area contributed by atoms with Crippen LogP contribution >= 0.6 is 0 Å². The van der Waals surface area contributed by atoms with E-state index in [-0.39, 0.29) is 17.9 Å². The highest BCUT2D eigenvalue weighted by atomic mass is 16.2. The maximum absolute atomic E-state index is 12.3. The van der Waals surface area contributed by atoms with Gasteiger partial charge in [-0.1, -0.05) is 27.7 Å². The Hall–Kier alpha value is -1.06. The molecule has 1 rings (SSSR count). The summed E-state index contributed by atoms with van der Waals surface area (Å²) in [7, 11) is 0. The molecule has 2 amide bonds. The number of nitrogens with one attached hydrogen (secondary N) is 1. The van der Waals surface area contributed by atoms with E-state index in [9.17, 15) is 9.59 Å². The lowest BCUT2D eigenvalue weighted by Crippen LogP contribution is -2.69. The Bertz CT molecular complexity index is 315. The standard InChI is InChI=1S/C13H24N2O2/c1-6-10-11(16)15(8-9(3)4)13(5,7-2)12(17)14-10/h9-10H,6-8H2,1-5H3,(H,14,17). The van der Waals surface area contributed by atoms with Crippen LogP contribution in [0.4, 0.5) is 0 Å². The zero-order valence-electron chi connectivity index (χ0n) is 11.5. The van der Waals surface area contributed by atoms with Gasteiger partial charge in [0.1, 0.15) is 11.6 Å². The fourth-order valence-electron chi connectivity index (χ4n) is 2.21. The van der Waals surface area contributed by atoms with Gasteiger partial charge < -0.3 is 10.2 Å². The number of amides is 2. The summed E-state index contributed by atoms with van der Waals surface area (Å²) in [5, 5.41) is 2.83. The van der Waals surface area contributed by atoms with Gasteiger partial charge in [-0.3, -0.25) is 9.59 Å². The summed E-state index contributed by atoms with van der Waals surface area (Å²) < 4.78 is 0. The van der Waals surface area contributed by atoms with E-state index in [4.69, 9.17) is 0 Å². The molecule has 0 aliphatic carbocycles. The third-order valence-corrected chi connectivity index (χ3v) is 3.60. The fraction of sp³-hybridized carbons (Fsp3) is 0.846. The predicted molar refractivity (Wildman–Crippen MR) is 67.5 cm³/mol. The monoisotopic (exact) mass is 240 g/mol. The van der Waals surface area contributed by atoms with Crippen molar-refractivity contribution in [3.8, 4) is 0 Å². The molecule has 0 bridgehead atoms. The Labute approximate surface area is 104 Å². The van der Waals surface area contributed by atoms with Crippen LogP contribution in [0.1, 0.15) is 47.5 Å². The zero-order chi connectivity index (χ0) is 13.2. The van der Waals surface area contributed by atoms with Crippen LogP contribution in [-0.2, 0) is 9.59 Å². The van der Waals surface area contributed by atoms with Crippen molar-refractivity contribution < 1.29 is 9.59 Å². The summed E-state index contributed by atoms with van der Waals surface area (Å²) in [5.74, 6) is 0.408. The largest absolute Gasteiger partial charge is 0.342 e. The van der Waals surface area contributed by atoms with E-state index in [0.717, 1.165) is 0 Å². The van der Waals surface area contributed by atoms with Crippen LogP contribution in [0.5, 0.6) is 0 Å². The van der Waals surface area contributed by atoms with Crippen molar-refractivity contribution in [2.75, 3.05) is 6.54 Å². The van der Waals surface area contributed by atoms with Crippen molar-refractivity contribution in [3.63, 3.8) is 0 Å². The SMILES string of the molecule is CCC1NC(=O)C(C)(CC)N(CC(C)C)C1=O. The highest BCUT2D eigenvalue weighted by molar-refractivity contribution is 5.99. The van der Waals surface area contributed by atoms with Gasteiger partial charge in [0.15, 0.2) is 0 Å². The van der Waals surface area contributed by atoms with Crippen LogP contribution < -0.4 is 5.32 Å². The molecule has 1 fully saturated rings. The highest BCUT2D eigenvalue weighted by Gasteiger charge is 2.47.